The number of thioether (sulfide) groups is 1. The third-order valence-corrected chi connectivity index (χ3v) is 4.38. The Hall–Kier alpha value is -2.03. The molecule has 0 N–H and O–H groups in total. The van der Waals surface area contributed by atoms with Crippen molar-refractivity contribution in [3.05, 3.63) is 29.8 Å². The standard InChI is InChI=1S/C15H18F2N6S/c1-10-7-12(19-9-18-10)22-3-5-23(6-4-22)13-8-11(14(16)17)20-15(21-13)24-2/h7-9,14H,3-6H2,1-2H3. The van der Waals surface area contributed by atoms with Gasteiger partial charge in [-0.1, -0.05) is 11.8 Å². The zero-order valence-electron chi connectivity index (χ0n) is 13.5. The number of alkyl halides is 2. The molecule has 0 spiro atoms. The second-order valence-electron chi connectivity index (χ2n) is 5.43. The highest BCUT2D eigenvalue weighted by molar-refractivity contribution is 7.98. The molecule has 9 heteroatoms. The normalized spacial score (nSPS) is 15.2. The first-order chi connectivity index (χ1) is 11.6. The first-order valence-electron chi connectivity index (χ1n) is 7.56. The molecule has 0 aliphatic carbocycles. The molecule has 3 heterocycles. The van der Waals surface area contributed by atoms with Crippen LogP contribution in [-0.2, 0) is 0 Å². The Balaban J connectivity index is 1.73. The van der Waals surface area contributed by atoms with Gasteiger partial charge in [-0.3, -0.25) is 0 Å². The number of aryl methyl sites for hydroxylation is 1. The molecule has 0 unspecified atom stereocenters. The number of aromatic nitrogens is 4. The van der Waals surface area contributed by atoms with Crippen molar-refractivity contribution in [1.29, 1.82) is 0 Å². The minimum absolute atomic E-state index is 0.224. The maximum Gasteiger partial charge on any atom is 0.280 e. The zero-order valence-corrected chi connectivity index (χ0v) is 14.3. The van der Waals surface area contributed by atoms with Crippen molar-refractivity contribution in [1.82, 2.24) is 19.9 Å². The van der Waals surface area contributed by atoms with E-state index in [9.17, 15) is 8.78 Å². The zero-order chi connectivity index (χ0) is 17.1. The topological polar surface area (TPSA) is 58.0 Å². The van der Waals surface area contributed by atoms with Gasteiger partial charge in [-0.15, -0.1) is 0 Å². The van der Waals surface area contributed by atoms with Gasteiger partial charge in [0.15, 0.2) is 5.16 Å². The monoisotopic (exact) mass is 352 g/mol. The second-order valence-corrected chi connectivity index (χ2v) is 6.20. The van der Waals surface area contributed by atoms with Crippen LogP contribution in [0.25, 0.3) is 0 Å². The van der Waals surface area contributed by atoms with Crippen molar-refractivity contribution in [3.63, 3.8) is 0 Å². The highest BCUT2D eigenvalue weighted by atomic mass is 32.2. The van der Waals surface area contributed by atoms with Crippen LogP contribution in [0.5, 0.6) is 0 Å². The van der Waals surface area contributed by atoms with E-state index in [1.165, 1.54) is 17.8 Å². The Labute approximate surface area is 143 Å². The van der Waals surface area contributed by atoms with Gasteiger partial charge in [0.05, 0.1) is 0 Å². The summed E-state index contributed by atoms with van der Waals surface area (Å²) in [4.78, 5) is 20.8. The SMILES string of the molecule is CSc1nc(C(F)F)cc(N2CCN(c3cc(C)ncn3)CC2)n1. The average molecular weight is 352 g/mol. The van der Waals surface area contributed by atoms with Crippen LogP contribution in [0.4, 0.5) is 20.4 Å². The maximum absolute atomic E-state index is 13.0. The van der Waals surface area contributed by atoms with Crippen molar-refractivity contribution in [2.75, 3.05) is 42.2 Å². The number of hydrogen-bond donors (Lipinski definition) is 0. The predicted molar refractivity (Wildman–Crippen MR) is 90.0 cm³/mol. The van der Waals surface area contributed by atoms with Crippen LogP contribution < -0.4 is 9.80 Å². The number of nitrogens with zero attached hydrogens (tertiary/aromatic N) is 6. The van der Waals surface area contributed by atoms with E-state index in [2.05, 4.69) is 24.8 Å². The molecule has 3 rings (SSSR count). The Morgan fingerprint density at radius 3 is 2.25 bits per heavy atom. The average Bonchev–Trinajstić information content (AvgIpc) is 2.61. The van der Waals surface area contributed by atoms with E-state index >= 15 is 0 Å². The van der Waals surface area contributed by atoms with Crippen molar-refractivity contribution >= 4 is 23.4 Å². The molecular weight excluding hydrogens is 334 g/mol. The molecule has 2 aromatic heterocycles. The molecule has 0 amide bonds. The third kappa shape index (κ3) is 3.72. The number of piperazine rings is 1. The Bertz CT molecular complexity index is 706. The molecule has 1 aliphatic rings. The summed E-state index contributed by atoms with van der Waals surface area (Å²) in [5.74, 6) is 1.45. The molecular formula is C15H18F2N6S. The first-order valence-corrected chi connectivity index (χ1v) is 8.79. The van der Waals surface area contributed by atoms with Crippen LogP contribution in [0.15, 0.2) is 23.6 Å². The van der Waals surface area contributed by atoms with Crippen molar-refractivity contribution in [3.8, 4) is 0 Å². The van der Waals surface area contributed by atoms with Gasteiger partial charge in [-0.2, -0.15) is 0 Å². The summed E-state index contributed by atoms with van der Waals surface area (Å²) in [6.07, 6.45) is 0.744. The molecule has 1 aliphatic heterocycles. The summed E-state index contributed by atoms with van der Waals surface area (Å²) < 4.78 is 26.0. The summed E-state index contributed by atoms with van der Waals surface area (Å²) in [5, 5.41) is 0.372. The Morgan fingerprint density at radius 2 is 1.67 bits per heavy atom. The fraction of sp³-hybridized carbons (Fsp3) is 0.467. The van der Waals surface area contributed by atoms with Crippen LogP contribution in [0.1, 0.15) is 17.8 Å². The molecule has 6 nitrogen and oxygen atoms in total. The fourth-order valence-corrected chi connectivity index (χ4v) is 2.95. The lowest BCUT2D eigenvalue weighted by molar-refractivity contribution is 0.145. The quantitative estimate of drug-likeness (QED) is 0.619. The van der Waals surface area contributed by atoms with E-state index in [1.807, 2.05) is 17.9 Å². The molecule has 0 saturated carbocycles. The van der Waals surface area contributed by atoms with E-state index in [1.54, 1.807) is 12.6 Å². The van der Waals surface area contributed by atoms with Gasteiger partial charge in [0.1, 0.15) is 23.7 Å². The molecule has 2 aromatic rings. The molecule has 128 valence electrons. The summed E-state index contributed by atoms with van der Waals surface area (Å²) >= 11 is 1.27. The number of hydrogen-bond acceptors (Lipinski definition) is 7. The molecule has 1 saturated heterocycles. The van der Waals surface area contributed by atoms with Gasteiger partial charge in [-0.05, 0) is 13.2 Å². The van der Waals surface area contributed by atoms with Crippen LogP contribution in [0, 0.1) is 6.92 Å². The summed E-state index contributed by atoms with van der Waals surface area (Å²) in [5.41, 5.74) is 0.697. The molecule has 0 aromatic carbocycles. The molecule has 0 radical (unpaired) electrons. The lowest BCUT2D eigenvalue weighted by atomic mass is 10.3. The van der Waals surface area contributed by atoms with Crippen LogP contribution in [0.3, 0.4) is 0 Å². The number of rotatable bonds is 4. The minimum Gasteiger partial charge on any atom is -0.353 e. The predicted octanol–water partition coefficient (Wildman–Crippen LogP) is 2.56. The van der Waals surface area contributed by atoms with Gasteiger partial charge in [0.2, 0.25) is 0 Å². The number of halogens is 2. The molecule has 24 heavy (non-hydrogen) atoms. The van der Waals surface area contributed by atoms with Crippen molar-refractivity contribution in [2.24, 2.45) is 0 Å². The Kier molecular flexibility index (Phi) is 5.08. The smallest absolute Gasteiger partial charge is 0.280 e. The largest absolute Gasteiger partial charge is 0.353 e. The van der Waals surface area contributed by atoms with Crippen LogP contribution >= 0.6 is 11.8 Å². The highest BCUT2D eigenvalue weighted by Crippen LogP contribution is 2.25. The first kappa shape index (κ1) is 16.8. The highest BCUT2D eigenvalue weighted by Gasteiger charge is 2.22. The minimum atomic E-state index is -2.59. The van der Waals surface area contributed by atoms with E-state index in [0.29, 0.717) is 24.1 Å². The van der Waals surface area contributed by atoms with Gasteiger partial charge in [0.25, 0.3) is 6.43 Å². The molecule has 0 atom stereocenters. The summed E-state index contributed by atoms with van der Waals surface area (Å²) in [7, 11) is 0. The van der Waals surface area contributed by atoms with E-state index in [-0.39, 0.29) is 5.69 Å². The lowest BCUT2D eigenvalue weighted by Crippen LogP contribution is -2.47. The maximum atomic E-state index is 13.0. The molecule has 0 bridgehead atoms. The number of anilines is 2. The van der Waals surface area contributed by atoms with E-state index in [4.69, 9.17) is 0 Å². The van der Waals surface area contributed by atoms with Gasteiger partial charge in [-0.25, -0.2) is 28.7 Å². The van der Waals surface area contributed by atoms with Crippen LogP contribution in [-0.4, -0.2) is 52.4 Å². The van der Waals surface area contributed by atoms with E-state index in [0.717, 1.165) is 24.6 Å². The van der Waals surface area contributed by atoms with Crippen molar-refractivity contribution in [2.45, 2.75) is 18.5 Å². The summed E-state index contributed by atoms with van der Waals surface area (Å²) in [6.45, 7) is 4.81. The van der Waals surface area contributed by atoms with Crippen molar-refractivity contribution < 1.29 is 8.78 Å². The van der Waals surface area contributed by atoms with Gasteiger partial charge in [0, 0.05) is 44.0 Å². The summed E-state index contributed by atoms with van der Waals surface area (Å²) in [6, 6.07) is 3.33. The fourth-order valence-electron chi connectivity index (χ4n) is 2.57. The van der Waals surface area contributed by atoms with E-state index < -0.39 is 6.43 Å². The van der Waals surface area contributed by atoms with Gasteiger partial charge >= 0.3 is 0 Å². The lowest BCUT2D eigenvalue weighted by Gasteiger charge is -2.36. The van der Waals surface area contributed by atoms with Crippen LogP contribution in [0.2, 0.25) is 0 Å². The molecule has 1 fully saturated rings. The second kappa shape index (κ2) is 7.25. The third-order valence-electron chi connectivity index (χ3n) is 3.84. The van der Waals surface area contributed by atoms with Gasteiger partial charge < -0.3 is 9.80 Å². The Morgan fingerprint density at radius 1 is 1.00 bits per heavy atom.